The average molecular weight is 494 g/mol. The number of carbonyl (C=O) groups is 4. The summed E-state index contributed by atoms with van der Waals surface area (Å²) in [4.78, 5) is 53.3. The number of hydrogen-bond acceptors (Lipinski definition) is 9. The van der Waals surface area contributed by atoms with Crippen molar-refractivity contribution < 1.29 is 28.7 Å². The molecule has 5 atom stereocenters. The number of hydrogen-bond donors (Lipinski definition) is 5. The number of urea groups is 1. The quantitative estimate of drug-likeness (QED) is 0.383. The number of imide groups is 1. The summed E-state index contributed by atoms with van der Waals surface area (Å²) in [6, 6.07) is -4.75. The molecule has 35 heavy (non-hydrogen) atoms. The summed E-state index contributed by atoms with van der Waals surface area (Å²) < 4.78 is 5.69. The number of aromatic nitrogens is 2. The topological polar surface area (TPSA) is 179 Å². The molecular weight excluding hydrogens is 458 g/mol. The van der Waals surface area contributed by atoms with E-state index in [9.17, 15) is 24.3 Å². The third-order valence-corrected chi connectivity index (χ3v) is 6.19. The molecule has 13 nitrogen and oxygen atoms in total. The molecule has 5 N–H and O–H groups in total. The molecule has 1 saturated heterocycles. The molecule has 0 spiro atoms. The Hall–Kier alpha value is -3.06. The zero-order valence-electron chi connectivity index (χ0n) is 20.5. The van der Waals surface area contributed by atoms with Crippen LogP contribution in [0.15, 0.2) is 4.42 Å². The maximum Gasteiger partial charge on any atom is 0.322 e. The molecule has 0 radical (unpaired) electrons. The van der Waals surface area contributed by atoms with Gasteiger partial charge in [0.05, 0.1) is 18.7 Å². The van der Waals surface area contributed by atoms with Gasteiger partial charge in [0.25, 0.3) is 5.91 Å². The van der Waals surface area contributed by atoms with Crippen LogP contribution in [0.4, 0.5) is 4.79 Å². The molecule has 1 unspecified atom stereocenters. The lowest BCUT2D eigenvalue weighted by Gasteiger charge is -2.29. The third kappa shape index (κ3) is 6.34. The summed E-state index contributed by atoms with van der Waals surface area (Å²) in [6.07, 6.45) is 1.94. The molecule has 5 amide bonds. The highest BCUT2D eigenvalue weighted by Crippen LogP contribution is 2.23. The number of carbonyl (C=O) groups excluding carboxylic acids is 4. The predicted octanol–water partition coefficient (Wildman–Crippen LogP) is -0.106. The summed E-state index contributed by atoms with van der Waals surface area (Å²) in [6.45, 7) is 7.23. The minimum atomic E-state index is -1.06. The highest BCUT2D eigenvalue weighted by atomic mass is 16.4. The summed E-state index contributed by atoms with van der Waals surface area (Å²) in [5.41, 5.74) is 0. The van der Waals surface area contributed by atoms with Gasteiger partial charge in [-0.05, 0) is 38.5 Å². The zero-order chi connectivity index (χ0) is 25.7. The van der Waals surface area contributed by atoms with Gasteiger partial charge < -0.3 is 25.1 Å². The molecule has 0 aliphatic carbocycles. The van der Waals surface area contributed by atoms with Crippen molar-refractivity contribution in [3.63, 3.8) is 0 Å². The lowest BCUT2D eigenvalue weighted by molar-refractivity contribution is -0.140. The van der Waals surface area contributed by atoms with Gasteiger partial charge in [0.15, 0.2) is 0 Å². The molecule has 0 aromatic carbocycles. The highest BCUT2D eigenvalue weighted by Gasteiger charge is 2.38. The van der Waals surface area contributed by atoms with E-state index in [-0.39, 0.29) is 30.0 Å². The Bertz CT molecular complexity index is 935. The number of amides is 5. The molecule has 1 aromatic heterocycles. The second-order valence-electron chi connectivity index (χ2n) is 9.41. The molecule has 2 aliphatic heterocycles. The molecule has 1 aromatic rings. The SMILES string of the molecule is CCC1N[C@@H](C)C(=O)N2CCC[C@H]2C(=O)N[C@@H](CC(C)C)C(=O)NC(=O)N[C@@H](CO)c2nnc1o2. The van der Waals surface area contributed by atoms with Crippen molar-refractivity contribution in [1.82, 2.24) is 36.4 Å². The van der Waals surface area contributed by atoms with E-state index in [1.807, 2.05) is 20.8 Å². The number of rotatable bonds is 4. The molecule has 1 fully saturated rings. The van der Waals surface area contributed by atoms with Gasteiger partial charge in [-0.25, -0.2) is 4.79 Å². The van der Waals surface area contributed by atoms with Gasteiger partial charge >= 0.3 is 6.03 Å². The molecule has 3 rings (SSSR count). The van der Waals surface area contributed by atoms with Crippen molar-refractivity contribution >= 4 is 23.8 Å². The van der Waals surface area contributed by atoms with Gasteiger partial charge in [-0.3, -0.25) is 25.0 Å². The van der Waals surface area contributed by atoms with E-state index >= 15 is 0 Å². The van der Waals surface area contributed by atoms with Gasteiger partial charge in [-0.2, -0.15) is 0 Å². The number of aliphatic hydroxyl groups is 1. The summed E-state index contributed by atoms with van der Waals surface area (Å²) in [5.74, 6) is -1.19. The van der Waals surface area contributed by atoms with Gasteiger partial charge in [-0.15, -0.1) is 10.2 Å². The Labute approximate surface area is 203 Å². The van der Waals surface area contributed by atoms with Crippen LogP contribution in [0.5, 0.6) is 0 Å². The molecular formula is C22H35N7O6. The number of nitrogens with one attached hydrogen (secondary N) is 4. The van der Waals surface area contributed by atoms with Crippen molar-refractivity contribution in [3.8, 4) is 0 Å². The lowest BCUT2D eigenvalue weighted by Crippen LogP contribution is -2.56. The first kappa shape index (κ1) is 26.5. The first-order valence-corrected chi connectivity index (χ1v) is 12.1. The average Bonchev–Trinajstić information content (AvgIpc) is 3.49. The fraction of sp³-hybridized carbons (Fsp3) is 0.727. The smallest absolute Gasteiger partial charge is 0.322 e. The van der Waals surface area contributed by atoms with Crippen molar-refractivity contribution in [3.05, 3.63) is 11.8 Å². The number of nitrogens with zero attached hydrogens (tertiary/aromatic N) is 3. The van der Waals surface area contributed by atoms with Crippen LogP contribution in [-0.4, -0.2) is 75.2 Å². The first-order chi connectivity index (χ1) is 16.6. The Morgan fingerprint density at radius 2 is 1.74 bits per heavy atom. The minimum Gasteiger partial charge on any atom is -0.421 e. The molecule has 194 valence electrons. The minimum absolute atomic E-state index is 0.0414. The van der Waals surface area contributed by atoms with E-state index in [0.717, 1.165) is 0 Å². The van der Waals surface area contributed by atoms with E-state index < -0.39 is 54.7 Å². The second-order valence-corrected chi connectivity index (χ2v) is 9.41. The van der Waals surface area contributed by atoms with Gasteiger partial charge in [0, 0.05) is 6.54 Å². The van der Waals surface area contributed by atoms with Crippen LogP contribution >= 0.6 is 0 Å². The first-order valence-electron chi connectivity index (χ1n) is 12.1. The largest absolute Gasteiger partial charge is 0.421 e. The van der Waals surface area contributed by atoms with Crippen LogP contribution in [0.2, 0.25) is 0 Å². The summed E-state index contributed by atoms with van der Waals surface area (Å²) in [7, 11) is 0. The fourth-order valence-electron chi connectivity index (χ4n) is 4.37. The molecule has 3 heterocycles. The lowest BCUT2D eigenvalue weighted by atomic mass is 10.0. The Kier molecular flexibility index (Phi) is 8.78. The zero-order valence-corrected chi connectivity index (χ0v) is 20.5. The van der Waals surface area contributed by atoms with Gasteiger partial charge in [0.2, 0.25) is 23.6 Å². The van der Waals surface area contributed by atoms with Crippen LogP contribution in [0, 0.1) is 5.92 Å². The van der Waals surface area contributed by atoms with Crippen molar-refractivity contribution in [2.75, 3.05) is 13.2 Å². The summed E-state index contributed by atoms with van der Waals surface area (Å²) >= 11 is 0. The molecule has 2 aliphatic rings. The van der Waals surface area contributed by atoms with E-state index in [1.165, 1.54) is 4.90 Å². The van der Waals surface area contributed by atoms with E-state index in [4.69, 9.17) is 4.42 Å². The van der Waals surface area contributed by atoms with Crippen molar-refractivity contribution in [1.29, 1.82) is 0 Å². The maximum atomic E-state index is 13.3. The normalized spacial score (nSPS) is 28.9. The van der Waals surface area contributed by atoms with Crippen LogP contribution in [0.25, 0.3) is 0 Å². The van der Waals surface area contributed by atoms with Crippen molar-refractivity contribution in [2.24, 2.45) is 5.92 Å². The predicted molar refractivity (Wildman–Crippen MR) is 123 cm³/mol. The Morgan fingerprint density at radius 1 is 1.06 bits per heavy atom. The molecule has 0 saturated carbocycles. The van der Waals surface area contributed by atoms with Gasteiger partial charge in [0.1, 0.15) is 18.1 Å². The van der Waals surface area contributed by atoms with Crippen LogP contribution in [0.3, 0.4) is 0 Å². The van der Waals surface area contributed by atoms with E-state index in [0.29, 0.717) is 25.8 Å². The maximum absolute atomic E-state index is 13.3. The van der Waals surface area contributed by atoms with E-state index in [2.05, 4.69) is 31.5 Å². The van der Waals surface area contributed by atoms with Crippen molar-refractivity contribution in [2.45, 2.75) is 83.6 Å². The van der Waals surface area contributed by atoms with Gasteiger partial charge in [-0.1, -0.05) is 20.8 Å². The Balaban J connectivity index is 1.94. The molecule has 2 bridgehead atoms. The molecule has 13 heteroatoms. The highest BCUT2D eigenvalue weighted by molar-refractivity contribution is 5.99. The Morgan fingerprint density at radius 3 is 2.37 bits per heavy atom. The van der Waals surface area contributed by atoms with Crippen LogP contribution in [-0.2, 0) is 14.4 Å². The standard InChI is InChI=1S/C22H35N7O6/c1-5-13-19-27-28-20(35-19)15(10-30)25-22(34)26-17(31)14(9-11(2)3)24-18(32)16-7-6-8-29(16)21(33)12(4)23-13/h11-16,23,30H,5-10H2,1-4H3,(H,24,32)(H2,25,26,31,34)/t12-,13?,14-,15-,16-/m0/s1. The van der Waals surface area contributed by atoms with E-state index in [1.54, 1.807) is 6.92 Å². The second kappa shape index (κ2) is 11.6. The van der Waals surface area contributed by atoms with Crippen LogP contribution in [0.1, 0.15) is 77.2 Å². The fourth-order valence-corrected chi connectivity index (χ4v) is 4.37. The number of aliphatic hydroxyl groups excluding tert-OH is 1. The number of fused-ring (bicyclic) bond motifs is 3. The monoisotopic (exact) mass is 493 g/mol. The summed E-state index contributed by atoms with van der Waals surface area (Å²) in [5, 5.41) is 28.3. The van der Waals surface area contributed by atoms with Crippen LogP contribution < -0.4 is 21.3 Å². The third-order valence-electron chi connectivity index (χ3n) is 6.19.